The van der Waals surface area contributed by atoms with Gasteiger partial charge in [0.05, 0.1) is 5.56 Å². The number of alkyl halides is 3. The lowest BCUT2D eigenvalue weighted by Gasteiger charge is -2.53. The van der Waals surface area contributed by atoms with Crippen LogP contribution in [0, 0.1) is 11.2 Å². The molecule has 2 aliphatic rings. The van der Waals surface area contributed by atoms with Gasteiger partial charge in [-0.15, -0.1) is 0 Å². The molecule has 7 heteroatoms. The second-order valence-electron chi connectivity index (χ2n) is 7.74. The maximum Gasteiger partial charge on any atom is 0.419 e. The lowest BCUT2D eigenvalue weighted by atomic mass is 9.64. The van der Waals surface area contributed by atoms with Crippen molar-refractivity contribution in [2.24, 2.45) is 5.41 Å². The van der Waals surface area contributed by atoms with Crippen molar-refractivity contribution < 1.29 is 27.1 Å². The fourth-order valence-corrected chi connectivity index (χ4v) is 3.22. The Bertz CT molecular complexity index is 740. The molecule has 0 aromatic heterocycles. The van der Waals surface area contributed by atoms with Crippen molar-refractivity contribution in [3.63, 3.8) is 0 Å². The highest BCUT2D eigenvalue weighted by Gasteiger charge is 2.50. The molecule has 1 aliphatic carbocycles. The zero-order chi connectivity index (χ0) is 18.6. The molecule has 0 N–H and O–H groups in total. The molecule has 1 aliphatic heterocycles. The van der Waals surface area contributed by atoms with Crippen molar-refractivity contribution >= 4 is 11.7 Å². The Morgan fingerprint density at radius 2 is 1.80 bits per heavy atom. The zero-order valence-electron chi connectivity index (χ0n) is 14.2. The largest absolute Gasteiger partial charge is 0.444 e. The third-order valence-corrected chi connectivity index (χ3v) is 4.33. The number of carbonyl (C=O) groups excluding carboxylic acids is 1. The van der Waals surface area contributed by atoms with Crippen molar-refractivity contribution in [2.45, 2.75) is 39.0 Å². The van der Waals surface area contributed by atoms with Crippen LogP contribution in [0.5, 0.6) is 0 Å². The summed E-state index contributed by atoms with van der Waals surface area (Å²) >= 11 is 0. The summed E-state index contributed by atoms with van der Waals surface area (Å²) in [6, 6.07) is 2.98. The molecule has 0 atom stereocenters. The number of hydrogen-bond acceptors (Lipinski definition) is 2. The minimum Gasteiger partial charge on any atom is -0.444 e. The predicted octanol–water partition coefficient (Wildman–Crippen LogP) is 4.87. The van der Waals surface area contributed by atoms with Gasteiger partial charge in [-0.3, -0.25) is 0 Å². The van der Waals surface area contributed by atoms with E-state index in [2.05, 4.69) is 0 Å². The molecular weight excluding hydrogens is 338 g/mol. The quantitative estimate of drug-likeness (QED) is 0.671. The van der Waals surface area contributed by atoms with E-state index in [4.69, 9.17) is 4.74 Å². The van der Waals surface area contributed by atoms with Crippen LogP contribution in [0.25, 0.3) is 5.57 Å². The van der Waals surface area contributed by atoms with Gasteiger partial charge < -0.3 is 9.64 Å². The monoisotopic (exact) mass is 357 g/mol. The number of carbonyl (C=O) groups is 1. The van der Waals surface area contributed by atoms with Crippen molar-refractivity contribution in [3.05, 3.63) is 41.2 Å². The Hall–Kier alpha value is -2.05. The van der Waals surface area contributed by atoms with Gasteiger partial charge in [-0.2, -0.15) is 13.2 Å². The molecule has 136 valence electrons. The third kappa shape index (κ3) is 3.50. The number of likely N-dealkylation sites (tertiary alicyclic amines) is 1. The van der Waals surface area contributed by atoms with Gasteiger partial charge in [0, 0.05) is 18.5 Å². The van der Waals surface area contributed by atoms with Gasteiger partial charge in [-0.05, 0) is 50.5 Å². The van der Waals surface area contributed by atoms with Gasteiger partial charge in [0.15, 0.2) is 0 Å². The molecular formula is C18H19F4NO2. The summed E-state index contributed by atoms with van der Waals surface area (Å²) in [5.74, 6) is -1.27. The molecule has 1 spiro atoms. The molecule has 1 amide bonds. The Balaban J connectivity index is 1.64. The van der Waals surface area contributed by atoms with E-state index in [1.165, 1.54) is 6.07 Å². The number of allylic oxidation sites excluding steroid dienone is 1. The van der Waals surface area contributed by atoms with Crippen LogP contribution in [0.1, 0.15) is 38.3 Å². The average Bonchev–Trinajstić information content (AvgIpc) is 2.31. The number of halogens is 4. The molecule has 1 fully saturated rings. The zero-order valence-corrected chi connectivity index (χ0v) is 14.2. The Morgan fingerprint density at radius 1 is 1.20 bits per heavy atom. The van der Waals surface area contributed by atoms with Crippen LogP contribution in [0.4, 0.5) is 22.4 Å². The normalized spacial score (nSPS) is 19.2. The molecule has 1 aromatic carbocycles. The summed E-state index contributed by atoms with van der Waals surface area (Å²) in [7, 11) is 0. The summed E-state index contributed by atoms with van der Waals surface area (Å²) in [5.41, 5.74) is -0.724. The van der Waals surface area contributed by atoms with E-state index < -0.39 is 23.2 Å². The van der Waals surface area contributed by atoms with E-state index in [1.807, 2.05) is 6.08 Å². The molecule has 0 unspecified atom stereocenters. The highest BCUT2D eigenvalue weighted by molar-refractivity contribution is 5.76. The van der Waals surface area contributed by atoms with Crippen LogP contribution < -0.4 is 0 Å². The van der Waals surface area contributed by atoms with Gasteiger partial charge in [0.1, 0.15) is 11.4 Å². The fraction of sp³-hybridized carbons (Fsp3) is 0.500. The highest BCUT2D eigenvalue weighted by atomic mass is 19.4. The molecule has 3 rings (SSSR count). The third-order valence-electron chi connectivity index (χ3n) is 4.33. The first-order valence-electron chi connectivity index (χ1n) is 7.95. The topological polar surface area (TPSA) is 29.5 Å². The van der Waals surface area contributed by atoms with Gasteiger partial charge in [0.25, 0.3) is 0 Å². The number of hydrogen-bond donors (Lipinski definition) is 0. The predicted molar refractivity (Wildman–Crippen MR) is 84.2 cm³/mol. The minimum atomic E-state index is -4.69. The first kappa shape index (κ1) is 17.8. The van der Waals surface area contributed by atoms with Crippen LogP contribution in [0.15, 0.2) is 24.3 Å². The number of nitrogens with zero attached hydrogens (tertiary/aromatic N) is 1. The van der Waals surface area contributed by atoms with E-state index in [0.29, 0.717) is 25.1 Å². The number of ether oxygens (including phenoxy) is 1. The van der Waals surface area contributed by atoms with Crippen LogP contribution in [-0.2, 0) is 10.9 Å². The summed E-state index contributed by atoms with van der Waals surface area (Å²) in [6.45, 7) is 6.39. The molecule has 1 saturated heterocycles. The van der Waals surface area contributed by atoms with Gasteiger partial charge in [-0.25, -0.2) is 9.18 Å². The molecule has 0 saturated carbocycles. The van der Waals surface area contributed by atoms with E-state index in [0.717, 1.165) is 17.7 Å². The Morgan fingerprint density at radius 3 is 2.28 bits per heavy atom. The second-order valence-corrected chi connectivity index (χ2v) is 7.74. The maximum absolute atomic E-state index is 13.7. The van der Waals surface area contributed by atoms with E-state index >= 15 is 0 Å². The summed E-state index contributed by atoms with van der Waals surface area (Å²) < 4.78 is 56.7. The van der Waals surface area contributed by atoms with Crippen LogP contribution >= 0.6 is 0 Å². The van der Waals surface area contributed by atoms with E-state index in [-0.39, 0.29) is 11.5 Å². The summed E-state index contributed by atoms with van der Waals surface area (Å²) in [4.78, 5) is 13.5. The lowest BCUT2D eigenvalue weighted by molar-refractivity contribution is -0.140. The van der Waals surface area contributed by atoms with Gasteiger partial charge in [0.2, 0.25) is 0 Å². The Labute approximate surface area is 143 Å². The van der Waals surface area contributed by atoms with Gasteiger partial charge >= 0.3 is 12.3 Å². The van der Waals surface area contributed by atoms with Gasteiger partial charge in [-0.1, -0.05) is 12.1 Å². The molecule has 1 aromatic rings. The average molecular weight is 357 g/mol. The van der Waals surface area contributed by atoms with Crippen molar-refractivity contribution in [1.82, 2.24) is 4.90 Å². The summed E-state index contributed by atoms with van der Waals surface area (Å²) in [5, 5.41) is 0. The number of amides is 1. The van der Waals surface area contributed by atoms with Crippen LogP contribution in [0.2, 0.25) is 0 Å². The molecule has 25 heavy (non-hydrogen) atoms. The fourth-order valence-electron chi connectivity index (χ4n) is 3.22. The van der Waals surface area contributed by atoms with Crippen molar-refractivity contribution in [1.29, 1.82) is 0 Å². The molecule has 1 heterocycles. The maximum atomic E-state index is 13.7. The second kappa shape index (κ2) is 5.47. The minimum absolute atomic E-state index is 0.161. The molecule has 0 bridgehead atoms. The number of rotatable bonds is 1. The van der Waals surface area contributed by atoms with E-state index in [9.17, 15) is 22.4 Å². The smallest absolute Gasteiger partial charge is 0.419 e. The summed E-state index contributed by atoms with van der Waals surface area (Å²) in [6.07, 6.45) is -2.55. The molecule has 0 radical (unpaired) electrons. The van der Waals surface area contributed by atoms with Crippen LogP contribution in [0.3, 0.4) is 0 Å². The first-order chi connectivity index (χ1) is 11.4. The van der Waals surface area contributed by atoms with Crippen LogP contribution in [-0.4, -0.2) is 29.7 Å². The number of benzene rings is 1. The van der Waals surface area contributed by atoms with Crippen molar-refractivity contribution in [2.75, 3.05) is 13.1 Å². The standard InChI is InChI=1S/C18H19F4NO2/c1-16(2,3)25-15(24)23-9-17(10-23)7-12(8-17)11-4-5-13(14(19)6-11)18(20,21)22/h4-7H,8-10H2,1-3H3. The Kier molecular flexibility index (Phi) is 3.89. The van der Waals surface area contributed by atoms with E-state index in [1.54, 1.807) is 25.7 Å². The SMILES string of the molecule is CC(C)(C)OC(=O)N1CC2(C=C(c3ccc(C(F)(F)F)c(F)c3)C2)C1. The molecule has 3 nitrogen and oxygen atoms in total. The highest BCUT2D eigenvalue weighted by Crippen LogP contribution is 2.50. The first-order valence-corrected chi connectivity index (χ1v) is 7.95. The van der Waals surface area contributed by atoms with Crippen molar-refractivity contribution in [3.8, 4) is 0 Å². The lowest BCUT2D eigenvalue weighted by Crippen LogP contribution is -2.60.